The van der Waals surface area contributed by atoms with Crippen LogP contribution in [0.2, 0.25) is 0 Å². The zero-order valence-corrected chi connectivity index (χ0v) is 18.1. The van der Waals surface area contributed by atoms with E-state index in [-0.39, 0.29) is 24.1 Å². The van der Waals surface area contributed by atoms with Gasteiger partial charge in [0.1, 0.15) is 18.6 Å². The number of hydrogen-bond donors (Lipinski definition) is 1. The molecule has 0 aliphatic rings. The van der Waals surface area contributed by atoms with Crippen LogP contribution in [0.3, 0.4) is 0 Å². The molecule has 2 aromatic carbocycles. The second kappa shape index (κ2) is 10.7. The predicted octanol–water partition coefficient (Wildman–Crippen LogP) is 1.76. The summed E-state index contributed by atoms with van der Waals surface area (Å²) in [6.45, 7) is 0.0736. The highest BCUT2D eigenvalue weighted by Crippen LogP contribution is 2.18. The van der Waals surface area contributed by atoms with Gasteiger partial charge in [0.15, 0.2) is 6.23 Å². The SMILES string of the molecule is CO/N=C(\c1ccc(F)cc1)C(NOCc1ccccc1-n1c(OC)nn(C)c1=O)OC. The molecule has 3 rings (SSSR count). The van der Waals surface area contributed by atoms with Crippen LogP contribution >= 0.6 is 0 Å². The molecule has 32 heavy (non-hydrogen) atoms. The highest BCUT2D eigenvalue weighted by Gasteiger charge is 2.20. The molecule has 1 heterocycles. The lowest BCUT2D eigenvalue weighted by atomic mass is 10.1. The Bertz CT molecular complexity index is 1130. The number of benzene rings is 2. The van der Waals surface area contributed by atoms with E-state index >= 15 is 0 Å². The Labute approximate surface area is 183 Å². The van der Waals surface area contributed by atoms with Gasteiger partial charge in [-0.25, -0.2) is 18.4 Å². The van der Waals surface area contributed by atoms with Crippen molar-refractivity contribution in [2.45, 2.75) is 12.8 Å². The van der Waals surface area contributed by atoms with Crippen LogP contribution in [0.1, 0.15) is 11.1 Å². The molecule has 0 aliphatic heterocycles. The van der Waals surface area contributed by atoms with Gasteiger partial charge in [-0.2, -0.15) is 5.48 Å². The van der Waals surface area contributed by atoms with Crippen molar-refractivity contribution < 1.29 is 23.5 Å². The summed E-state index contributed by atoms with van der Waals surface area (Å²) in [6.07, 6.45) is -0.816. The molecule has 0 radical (unpaired) electrons. The Morgan fingerprint density at radius 2 is 1.88 bits per heavy atom. The van der Waals surface area contributed by atoms with E-state index in [0.717, 1.165) is 0 Å². The van der Waals surface area contributed by atoms with Gasteiger partial charge in [-0.05, 0) is 30.3 Å². The third-order valence-electron chi connectivity index (χ3n) is 4.54. The molecule has 0 fully saturated rings. The van der Waals surface area contributed by atoms with Crippen LogP contribution in [0.5, 0.6) is 6.01 Å². The van der Waals surface area contributed by atoms with Gasteiger partial charge in [-0.3, -0.25) is 4.84 Å². The lowest BCUT2D eigenvalue weighted by molar-refractivity contribution is -0.0546. The van der Waals surface area contributed by atoms with Crippen LogP contribution in [0.15, 0.2) is 58.5 Å². The number of para-hydroxylation sites is 1. The van der Waals surface area contributed by atoms with E-state index in [1.165, 1.54) is 49.8 Å². The molecule has 10 nitrogen and oxygen atoms in total. The Morgan fingerprint density at radius 3 is 2.53 bits per heavy atom. The molecule has 3 aromatic rings. The molecular weight excluding hydrogens is 421 g/mol. The summed E-state index contributed by atoms with van der Waals surface area (Å²) in [5.74, 6) is -0.374. The first-order valence-electron chi connectivity index (χ1n) is 9.55. The minimum absolute atomic E-state index is 0.0736. The summed E-state index contributed by atoms with van der Waals surface area (Å²) in [7, 11) is 5.83. The number of hydrogen-bond acceptors (Lipinski definition) is 8. The number of nitrogens with one attached hydrogen (secondary N) is 1. The van der Waals surface area contributed by atoms with Gasteiger partial charge in [0, 0.05) is 25.3 Å². The van der Waals surface area contributed by atoms with Crippen molar-refractivity contribution in [3.05, 3.63) is 76.0 Å². The first-order chi connectivity index (χ1) is 15.5. The highest BCUT2D eigenvalue weighted by atomic mass is 19.1. The molecule has 0 amide bonds. The third kappa shape index (κ3) is 5.02. The number of rotatable bonds is 10. The number of aromatic nitrogens is 3. The van der Waals surface area contributed by atoms with Gasteiger partial charge >= 0.3 is 11.7 Å². The van der Waals surface area contributed by atoms with Crippen molar-refractivity contribution in [3.63, 3.8) is 0 Å². The number of ether oxygens (including phenoxy) is 2. The Morgan fingerprint density at radius 1 is 1.16 bits per heavy atom. The van der Waals surface area contributed by atoms with E-state index in [4.69, 9.17) is 19.1 Å². The lowest BCUT2D eigenvalue weighted by Gasteiger charge is -2.19. The standard InChI is InChI=1S/C21H24FN5O5/c1-26-21(28)27(20(23-26)30-3)17-8-6-5-7-15(17)13-32-25-19(29-2)18(24-31-4)14-9-11-16(22)12-10-14/h5-12,19,25H,13H2,1-4H3/b24-18+. The fourth-order valence-electron chi connectivity index (χ4n) is 3.01. The number of nitrogens with zero attached hydrogens (tertiary/aromatic N) is 4. The monoisotopic (exact) mass is 445 g/mol. The minimum Gasteiger partial charge on any atom is -0.467 e. The van der Waals surface area contributed by atoms with Crippen molar-refractivity contribution >= 4 is 5.71 Å². The molecular formula is C21H24FN5O5. The summed E-state index contributed by atoms with van der Waals surface area (Å²) in [5, 5.41) is 8.04. The van der Waals surface area contributed by atoms with Gasteiger partial charge in [-0.15, -0.1) is 5.10 Å². The summed E-state index contributed by atoms with van der Waals surface area (Å²) < 4.78 is 26.5. The molecule has 170 valence electrons. The zero-order valence-electron chi connectivity index (χ0n) is 18.1. The van der Waals surface area contributed by atoms with Gasteiger partial charge in [0.25, 0.3) is 0 Å². The largest absolute Gasteiger partial charge is 0.467 e. The average molecular weight is 445 g/mol. The quantitative estimate of drug-likeness (QED) is 0.288. The molecule has 0 bridgehead atoms. The van der Waals surface area contributed by atoms with Crippen LogP contribution in [-0.2, 0) is 28.1 Å². The van der Waals surface area contributed by atoms with E-state index in [1.54, 1.807) is 24.3 Å². The van der Waals surface area contributed by atoms with Gasteiger partial charge in [-0.1, -0.05) is 23.4 Å². The van der Waals surface area contributed by atoms with E-state index in [9.17, 15) is 9.18 Å². The number of halogens is 1. The number of oxime groups is 1. The zero-order chi connectivity index (χ0) is 23.1. The first-order valence-corrected chi connectivity index (χ1v) is 9.55. The summed E-state index contributed by atoms with van der Waals surface area (Å²) in [4.78, 5) is 23.1. The van der Waals surface area contributed by atoms with Crippen molar-refractivity contribution in [1.29, 1.82) is 0 Å². The van der Waals surface area contributed by atoms with E-state index < -0.39 is 6.23 Å². The van der Waals surface area contributed by atoms with Crippen LogP contribution < -0.4 is 15.9 Å². The van der Waals surface area contributed by atoms with Crippen LogP contribution in [-0.4, -0.2) is 47.6 Å². The first kappa shape index (κ1) is 23.1. The molecule has 1 unspecified atom stereocenters. The van der Waals surface area contributed by atoms with Crippen molar-refractivity contribution in [3.8, 4) is 11.7 Å². The molecule has 1 N–H and O–H groups in total. The smallest absolute Gasteiger partial charge is 0.353 e. The summed E-state index contributed by atoms with van der Waals surface area (Å²) >= 11 is 0. The summed E-state index contributed by atoms with van der Waals surface area (Å²) in [5.41, 5.74) is 4.61. The summed E-state index contributed by atoms with van der Waals surface area (Å²) in [6, 6.07) is 13.1. The topological polar surface area (TPSA) is 101 Å². The molecule has 1 atom stereocenters. The molecule has 0 saturated carbocycles. The normalized spacial score (nSPS) is 12.6. The molecule has 0 spiro atoms. The van der Waals surface area contributed by atoms with Crippen LogP contribution in [0.25, 0.3) is 5.69 Å². The maximum absolute atomic E-state index is 13.3. The number of aryl methyl sites for hydroxylation is 1. The maximum Gasteiger partial charge on any atom is 0.353 e. The fourth-order valence-corrected chi connectivity index (χ4v) is 3.01. The Hall–Kier alpha value is -3.54. The predicted molar refractivity (Wildman–Crippen MR) is 114 cm³/mol. The van der Waals surface area contributed by atoms with Crippen molar-refractivity contribution in [2.75, 3.05) is 21.3 Å². The molecule has 11 heteroatoms. The second-order valence-electron chi connectivity index (χ2n) is 6.55. The molecule has 0 saturated heterocycles. The molecule has 1 aromatic heterocycles. The van der Waals surface area contributed by atoms with Crippen molar-refractivity contribution in [1.82, 2.24) is 19.8 Å². The van der Waals surface area contributed by atoms with Crippen LogP contribution in [0.4, 0.5) is 4.39 Å². The van der Waals surface area contributed by atoms with E-state index in [2.05, 4.69) is 15.7 Å². The highest BCUT2D eigenvalue weighted by molar-refractivity contribution is 6.03. The molecule has 0 aliphatic carbocycles. The average Bonchev–Trinajstić information content (AvgIpc) is 3.10. The minimum atomic E-state index is -0.816. The number of hydroxylamine groups is 1. The number of methoxy groups -OCH3 is 2. The third-order valence-corrected chi connectivity index (χ3v) is 4.54. The van der Waals surface area contributed by atoms with Crippen molar-refractivity contribution in [2.24, 2.45) is 12.2 Å². The van der Waals surface area contributed by atoms with Gasteiger partial charge < -0.3 is 14.3 Å². The van der Waals surface area contributed by atoms with Gasteiger partial charge in [0.05, 0.1) is 19.4 Å². The van der Waals surface area contributed by atoms with E-state index in [1.807, 2.05) is 12.1 Å². The Kier molecular flexibility index (Phi) is 7.71. The van der Waals surface area contributed by atoms with E-state index in [0.29, 0.717) is 22.5 Å². The lowest BCUT2D eigenvalue weighted by Crippen LogP contribution is -2.39. The second-order valence-corrected chi connectivity index (χ2v) is 6.55. The fraction of sp³-hybridized carbons (Fsp3) is 0.286. The van der Waals surface area contributed by atoms with Gasteiger partial charge in [0.2, 0.25) is 0 Å². The Balaban J connectivity index is 1.79. The maximum atomic E-state index is 13.3. The van der Waals surface area contributed by atoms with Crippen LogP contribution in [0, 0.1) is 5.82 Å².